The average Bonchev–Trinajstić information content (AvgIpc) is 2.91. The molecule has 0 aliphatic heterocycles. The Morgan fingerprint density at radius 1 is 1.50 bits per heavy atom. The van der Waals surface area contributed by atoms with Gasteiger partial charge in [-0.05, 0) is 35.1 Å². The van der Waals surface area contributed by atoms with Crippen LogP contribution in [0.4, 0.5) is 15.8 Å². The van der Waals surface area contributed by atoms with Crippen molar-refractivity contribution >= 4 is 34.0 Å². The Morgan fingerprint density at radius 3 is 2.95 bits per heavy atom. The lowest BCUT2D eigenvalue weighted by Crippen LogP contribution is -2.09. The summed E-state index contributed by atoms with van der Waals surface area (Å²) in [5.41, 5.74) is 0.0864. The van der Waals surface area contributed by atoms with E-state index in [-0.39, 0.29) is 14.9 Å². The van der Waals surface area contributed by atoms with Crippen LogP contribution in [-0.4, -0.2) is 21.2 Å². The van der Waals surface area contributed by atoms with Crippen LogP contribution in [0.3, 0.4) is 0 Å². The molecule has 0 fully saturated rings. The van der Waals surface area contributed by atoms with Crippen LogP contribution in [0.5, 0.6) is 0 Å². The molecule has 20 heavy (non-hydrogen) atoms. The molecule has 0 bridgehead atoms. The molecular formula is C12H12FIN4O2. The van der Waals surface area contributed by atoms with Gasteiger partial charge in [0.05, 0.1) is 8.49 Å². The van der Waals surface area contributed by atoms with Crippen LogP contribution in [0.2, 0.25) is 0 Å². The van der Waals surface area contributed by atoms with Crippen LogP contribution in [0.25, 0.3) is 0 Å². The molecule has 0 atom stereocenters. The van der Waals surface area contributed by atoms with Gasteiger partial charge in [-0.15, -0.1) is 0 Å². The summed E-state index contributed by atoms with van der Waals surface area (Å²) in [5, 5.41) is 17.9. The van der Waals surface area contributed by atoms with Gasteiger partial charge < -0.3 is 5.32 Å². The highest BCUT2D eigenvalue weighted by Crippen LogP contribution is 2.28. The zero-order valence-corrected chi connectivity index (χ0v) is 12.6. The summed E-state index contributed by atoms with van der Waals surface area (Å²) in [4.78, 5) is 10.4. The largest absolute Gasteiger partial charge is 0.379 e. The van der Waals surface area contributed by atoms with E-state index in [0.29, 0.717) is 13.1 Å². The van der Waals surface area contributed by atoms with Crippen molar-refractivity contribution in [2.75, 3.05) is 11.9 Å². The van der Waals surface area contributed by atoms with Gasteiger partial charge in [-0.2, -0.15) is 5.10 Å². The first-order valence-electron chi connectivity index (χ1n) is 5.92. The van der Waals surface area contributed by atoms with Gasteiger partial charge in [-0.25, -0.2) is 4.39 Å². The Hall–Kier alpha value is -1.71. The second-order valence-electron chi connectivity index (χ2n) is 4.09. The Balaban J connectivity index is 1.98. The van der Waals surface area contributed by atoms with Crippen LogP contribution in [0.15, 0.2) is 30.6 Å². The number of nitro benzene ring substituents is 1. The second-order valence-corrected chi connectivity index (χ2v) is 5.25. The third kappa shape index (κ3) is 3.65. The Morgan fingerprint density at radius 2 is 2.30 bits per heavy atom. The summed E-state index contributed by atoms with van der Waals surface area (Å²) in [6.45, 7) is 1.20. The van der Waals surface area contributed by atoms with E-state index in [1.165, 1.54) is 6.07 Å². The summed E-state index contributed by atoms with van der Waals surface area (Å²) in [5.74, 6) is -0.467. The number of nitro groups is 1. The molecule has 0 aliphatic rings. The molecule has 0 saturated carbocycles. The molecule has 1 aromatic heterocycles. The van der Waals surface area contributed by atoms with Gasteiger partial charge in [0.1, 0.15) is 11.5 Å². The summed E-state index contributed by atoms with van der Waals surface area (Å²) in [6, 6.07) is 4.21. The maximum absolute atomic E-state index is 13.5. The highest BCUT2D eigenvalue weighted by Gasteiger charge is 2.16. The van der Waals surface area contributed by atoms with E-state index < -0.39 is 10.7 Å². The fourth-order valence-corrected chi connectivity index (χ4v) is 2.18. The van der Waals surface area contributed by atoms with E-state index in [4.69, 9.17) is 0 Å². The third-order valence-electron chi connectivity index (χ3n) is 2.67. The summed E-state index contributed by atoms with van der Waals surface area (Å²) in [7, 11) is 0. The zero-order chi connectivity index (χ0) is 14.5. The van der Waals surface area contributed by atoms with Crippen LogP contribution >= 0.6 is 22.6 Å². The lowest BCUT2D eigenvalue weighted by atomic mass is 10.2. The minimum atomic E-state index is -0.516. The molecule has 6 nitrogen and oxygen atoms in total. The maximum Gasteiger partial charge on any atom is 0.293 e. The fraction of sp³-hybridized carbons (Fsp3) is 0.250. The number of aromatic nitrogens is 2. The Bertz CT molecular complexity index is 604. The number of halogens is 2. The molecule has 0 spiro atoms. The molecule has 1 aromatic carbocycles. The molecule has 0 saturated heterocycles. The highest BCUT2D eigenvalue weighted by atomic mass is 127. The minimum Gasteiger partial charge on any atom is -0.379 e. The summed E-state index contributed by atoms with van der Waals surface area (Å²) in [6.07, 6.45) is 4.26. The lowest BCUT2D eigenvalue weighted by Gasteiger charge is -2.08. The van der Waals surface area contributed by atoms with Gasteiger partial charge in [0.15, 0.2) is 0 Å². The minimum absolute atomic E-state index is 0.116. The van der Waals surface area contributed by atoms with Crippen molar-refractivity contribution in [1.29, 1.82) is 0 Å². The molecule has 8 heteroatoms. The number of nitrogens with zero attached hydrogens (tertiary/aromatic N) is 3. The molecule has 0 radical (unpaired) electrons. The van der Waals surface area contributed by atoms with Crippen molar-refractivity contribution in [3.05, 3.63) is 50.1 Å². The molecule has 0 amide bonds. The molecule has 1 heterocycles. The van der Waals surface area contributed by atoms with E-state index in [9.17, 15) is 14.5 Å². The second kappa shape index (κ2) is 6.64. The highest BCUT2D eigenvalue weighted by molar-refractivity contribution is 14.1. The summed E-state index contributed by atoms with van der Waals surface area (Å²) >= 11 is 1.73. The van der Waals surface area contributed by atoms with E-state index in [0.717, 1.165) is 12.5 Å². The van der Waals surface area contributed by atoms with Crippen molar-refractivity contribution in [2.24, 2.45) is 0 Å². The normalized spacial score (nSPS) is 10.5. The van der Waals surface area contributed by atoms with E-state index >= 15 is 0 Å². The Labute approximate surface area is 128 Å². The SMILES string of the molecule is O=[N+]([O-])c1cc(I)c(F)cc1NCCCn1cccn1. The molecule has 0 aliphatic carbocycles. The predicted octanol–water partition coefficient (Wildman–Crippen LogP) is 3.04. The van der Waals surface area contributed by atoms with Gasteiger partial charge in [0, 0.05) is 37.6 Å². The number of nitrogens with one attached hydrogen (secondary N) is 1. The monoisotopic (exact) mass is 390 g/mol. The lowest BCUT2D eigenvalue weighted by molar-refractivity contribution is -0.384. The van der Waals surface area contributed by atoms with Gasteiger partial charge in [-0.1, -0.05) is 0 Å². The summed E-state index contributed by atoms with van der Waals surface area (Å²) < 4.78 is 15.5. The van der Waals surface area contributed by atoms with Crippen LogP contribution in [0, 0.1) is 19.5 Å². The first-order valence-corrected chi connectivity index (χ1v) is 7.00. The van der Waals surface area contributed by atoms with Crippen molar-refractivity contribution in [2.45, 2.75) is 13.0 Å². The Kier molecular flexibility index (Phi) is 4.88. The molecule has 106 valence electrons. The predicted molar refractivity (Wildman–Crippen MR) is 81.1 cm³/mol. The number of anilines is 1. The fourth-order valence-electron chi connectivity index (χ4n) is 1.73. The number of hydrogen-bond acceptors (Lipinski definition) is 4. The number of hydrogen-bond donors (Lipinski definition) is 1. The third-order valence-corrected chi connectivity index (χ3v) is 3.50. The van der Waals surface area contributed by atoms with Gasteiger partial charge in [0.2, 0.25) is 0 Å². The van der Waals surface area contributed by atoms with E-state index in [1.807, 2.05) is 12.3 Å². The average molecular weight is 390 g/mol. The van der Waals surface area contributed by atoms with Gasteiger partial charge >= 0.3 is 0 Å². The van der Waals surface area contributed by atoms with Crippen molar-refractivity contribution < 1.29 is 9.31 Å². The smallest absolute Gasteiger partial charge is 0.293 e. The van der Waals surface area contributed by atoms with Gasteiger partial charge in [-0.3, -0.25) is 14.8 Å². The van der Waals surface area contributed by atoms with Crippen molar-refractivity contribution in [3.63, 3.8) is 0 Å². The molecule has 2 aromatic rings. The maximum atomic E-state index is 13.5. The molecule has 0 unspecified atom stereocenters. The van der Waals surface area contributed by atoms with Crippen LogP contribution in [-0.2, 0) is 6.54 Å². The quantitative estimate of drug-likeness (QED) is 0.356. The molecular weight excluding hydrogens is 378 g/mol. The topological polar surface area (TPSA) is 73.0 Å². The van der Waals surface area contributed by atoms with Crippen LogP contribution in [0.1, 0.15) is 6.42 Å². The molecule has 2 rings (SSSR count). The first kappa shape index (κ1) is 14.7. The molecule has 1 N–H and O–H groups in total. The van der Waals surface area contributed by atoms with Crippen LogP contribution < -0.4 is 5.32 Å². The standard InChI is InChI=1S/C12H12FIN4O2/c13-9-7-11(12(18(19)20)8-10(9)14)15-3-1-5-17-6-2-4-16-17/h2,4,6-8,15H,1,3,5H2. The first-order chi connectivity index (χ1) is 9.58. The number of benzene rings is 1. The number of rotatable bonds is 6. The number of aryl methyl sites for hydroxylation is 1. The van der Waals surface area contributed by atoms with Crippen molar-refractivity contribution in [1.82, 2.24) is 9.78 Å². The van der Waals surface area contributed by atoms with E-state index in [2.05, 4.69) is 10.4 Å². The van der Waals surface area contributed by atoms with Crippen molar-refractivity contribution in [3.8, 4) is 0 Å². The van der Waals surface area contributed by atoms with Gasteiger partial charge in [0.25, 0.3) is 5.69 Å². The van der Waals surface area contributed by atoms with E-state index in [1.54, 1.807) is 33.5 Å². The zero-order valence-electron chi connectivity index (χ0n) is 10.4.